The summed E-state index contributed by atoms with van der Waals surface area (Å²) < 4.78 is 25.7. The molecule has 1 fully saturated rings. The number of benzene rings is 3. The van der Waals surface area contributed by atoms with Crippen LogP contribution in [0.1, 0.15) is 29.9 Å². The van der Waals surface area contributed by atoms with Crippen molar-refractivity contribution >= 4 is 21.5 Å². The Hall–Kier alpha value is -3.20. The van der Waals surface area contributed by atoms with Crippen molar-refractivity contribution in [2.45, 2.75) is 42.0 Å². The quantitative estimate of drug-likeness (QED) is 0.529. The molecule has 8 heteroatoms. The monoisotopic (exact) mass is 506 g/mol. The van der Waals surface area contributed by atoms with E-state index in [1.165, 1.54) is 0 Å². The summed E-state index contributed by atoms with van der Waals surface area (Å²) in [7, 11) is -3.41. The number of anilines is 1. The average Bonchev–Trinajstić information content (AvgIpc) is 3.28. The number of carboxylic acid groups (broad SMARTS) is 1. The van der Waals surface area contributed by atoms with Gasteiger partial charge in [-0.15, -0.1) is 0 Å². The van der Waals surface area contributed by atoms with E-state index in [2.05, 4.69) is 0 Å². The van der Waals surface area contributed by atoms with Crippen LogP contribution < -0.4 is 4.90 Å². The van der Waals surface area contributed by atoms with E-state index in [0.717, 1.165) is 11.1 Å². The third kappa shape index (κ3) is 4.64. The lowest BCUT2D eigenvalue weighted by molar-refractivity contribution is -0.146. The predicted octanol–water partition coefficient (Wildman–Crippen LogP) is 3.35. The minimum Gasteiger partial charge on any atom is -0.480 e. The molecule has 36 heavy (non-hydrogen) atoms. The number of likely N-dealkylation sites (tertiary alicyclic amines) is 1. The van der Waals surface area contributed by atoms with Crippen molar-refractivity contribution in [3.63, 3.8) is 0 Å². The second-order valence-electron chi connectivity index (χ2n) is 9.49. The molecule has 5 rings (SSSR count). The number of carboxylic acids is 1. The molecule has 1 unspecified atom stereocenters. The highest BCUT2D eigenvalue weighted by molar-refractivity contribution is 7.91. The highest BCUT2D eigenvalue weighted by Gasteiger charge is 2.45. The van der Waals surface area contributed by atoms with Crippen molar-refractivity contribution in [3.05, 3.63) is 96.1 Å². The second kappa shape index (κ2) is 10.0. The van der Waals surface area contributed by atoms with Gasteiger partial charge >= 0.3 is 5.97 Å². The molecule has 7 nitrogen and oxygen atoms in total. The van der Waals surface area contributed by atoms with E-state index in [1.54, 1.807) is 23.1 Å². The van der Waals surface area contributed by atoms with Crippen molar-refractivity contribution in [3.8, 4) is 0 Å². The molecule has 3 aromatic rings. The summed E-state index contributed by atoms with van der Waals surface area (Å²) in [4.78, 5) is 16.4. The number of hydrogen-bond donors (Lipinski definition) is 2. The summed E-state index contributed by atoms with van der Waals surface area (Å²) in [6, 6.07) is 25.0. The second-order valence-corrected chi connectivity index (χ2v) is 11.6. The zero-order chi connectivity index (χ0) is 25.3. The molecule has 3 aromatic carbocycles. The van der Waals surface area contributed by atoms with E-state index in [-0.39, 0.29) is 18.2 Å². The maximum atomic E-state index is 12.8. The van der Waals surface area contributed by atoms with Gasteiger partial charge in [-0.2, -0.15) is 0 Å². The molecule has 3 atom stereocenters. The fraction of sp³-hybridized carbons (Fsp3) is 0.321. The number of aliphatic carboxylic acids is 1. The molecular formula is C28H30N2O5S. The molecule has 0 saturated carbocycles. The van der Waals surface area contributed by atoms with Crippen molar-refractivity contribution < 1.29 is 23.4 Å². The molecule has 1 saturated heterocycles. The smallest absolute Gasteiger partial charge is 0.321 e. The fourth-order valence-electron chi connectivity index (χ4n) is 5.64. The lowest BCUT2D eigenvalue weighted by Crippen LogP contribution is -2.47. The van der Waals surface area contributed by atoms with Crippen molar-refractivity contribution in [1.82, 2.24) is 4.90 Å². The number of aliphatic hydroxyl groups is 1. The van der Waals surface area contributed by atoms with Gasteiger partial charge in [0, 0.05) is 25.0 Å². The van der Waals surface area contributed by atoms with Crippen LogP contribution in [-0.2, 0) is 14.6 Å². The van der Waals surface area contributed by atoms with Crippen LogP contribution in [0.15, 0.2) is 89.8 Å². The molecule has 188 valence electrons. The number of sulfone groups is 1. The molecule has 0 spiro atoms. The Morgan fingerprint density at radius 3 is 2.08 bits per heavy atom. The van der Waals surface area contributed by atoms with Crippen LogP contribution in [0, 0.1) is 0 Å². The Kier molecular flexibility index (Phi) is 6.83. The standard InChI is InChI=1S/C28H30N2O5S/c31-27(26(20-10-3-1-4-11-20)21-12-5-2-6-13-21)30-19-22(18-24(30)28(32)33)29-16-9-17-36(34,35)25-15-8-7-14-23(25)29/h1-8,10-15,22,24,26-27,31H,9,16-19H2,(H,32,33)/t22-,24-,27?/m0/s1. The highest BCUT2D eigenvalue weighted by atomic mass is 32.2. The fourth-order valence-corrected chi connectivity index (χ4v) is 7.16. The first-order chi connectivity index (χ1) is 17.4. The SMILES string of the molecule is O=C(O)[C@@H]1C[C@H](N2CCCS(=O)(=O)c3ccccc32)CN1C(O)C(c1ccccc1)c1ccccc1. The van der Waals surface area contributed by atoms with Crippen LogP contribution in [0.5, 0.6) is 0 Å². The Morgan fingerprint density at radius 2 is 1.47 bits per heavy atom. The molecule has 0 aromatic heterocycles. The zero-order valence-corrected chi connectivity index (χ0v) is 20.7. The minimum absolute atomic E-state index is 0.0615. The van der Waals surface area contributed by atoms with Gasteiger partial charge in [0.15, 0.2) is 9.84 Å². The summed E-state index contributed by atoms with van der Waals surface area (Å²) in [5, 5.41) is 21.9. The number of para-hydroxylation sites is 1. The Labute approximate surface area is 211 Å². The van der Waals surface area contributed by atoms with Gasteiger partial charge in [-0.05, 0) is 36.1 Å². The lowest BCUT2D eigenvalue weighted by atomic mass is 9.89. The predicted molar refractivity (Wildman–Crippen MR) is 138 cm³/mol. The number of rotatable bonds is 6. The zero-order valence-electron chi connectivity index (χ0n) is 19.8. The number of aliphatic hydroxyl groups excluding tert-OH is 1. The molecule has 2 N–H and O–H groups in total. The van der Waals surface area contributed by atoms with Gasteiger partial charge in [-0.1, -0.05) is 72.8 Å². The maximum absolute atomic E-state index is 12.8. The van der Waals surface area contributed by atoms with Gasteiger partial charge in [0.05, 0.1) is 16.3 Å². The summed E-state index contributed by atoms with van der Waals surface area (Å²) in [5.74, 6) is -1.37. The van der Waals surface area contributed by atoms with E-state index >= 15 is 0 Å². The maximum Gasteiger partial charge on any atom is 0.321 e. The summed E-state index contributed by atoms with van der Waals surface area (Å²) >= 11 is 0. The Bertz CT molecular complexity index is 1280. The van der Waals surface area contributed by atoms with Crippen LogP contribution in [0.2, 0.25) is 0 Å². The Balaban J connectivity index is 1.50. The number of carbonyl (C=O) groups is 1. The van der Waals surface area contributed by atoms with Gasteiger partial charge < -0.3 is 15.1 Å². The van der Waals surface area contributed by atoms with E-state index in [9.17, 15) is 23.4 Å². The van der Waals surface area contributed by atoms with Crippen molar-refractivity contribution in [1.29, 1.82) is 0 Å². The average molecular weight is 507 g/mol. The molecular weight excluding hydrogens is 476 g/mol. The normalized spacial score (nSPS) is 22.7. The van der Waals surface area contributed by atoms with E-state index in [4.69, 9.17) is 0 Å². The van der Waals surface area contributed by atoms with Crippen LogP contribution in [-0.4, -0.2) is 66.7 Å². The molecule has 2 aliphatic heterocycles. The summed E-state index contributed by atoms with van der Waals surface area (Å²) in [5.41, 5.74) is 2.41. The van der Waals surface area contributed by atoms with Gasteiger partial charge in [0.25, 0.3) is 0 Å². The first kappa shape index (κ1) is 24.5. The van der Waals surface area contributed by atoms with Gasteiger partial charge in [-0.25, -0.2) is 8.42 Å². The molecule has 0 amide bonds. The van der Waals surface area contributed by atoms with E-state index < -0.39 is 34.0 Å². The van der Waals surface area contributed by atoms with Gasteiger partial charge in [-0.3, -0.25) is 9.69 Å². The third-order valence-corrected chi connectivity index (χ3v) is 9.16. The van der Waals surface area contributed by atoms with Crippen LogP contribution in [0.4, 0.5) is 5.69 Å². The molecule has 2 heterocycles. The molecule has 0 radical (unpaired) electrons. The van der Waals surface area contributed by atoms with E-state index in [0.29, 0.717) is 30.1 Å². The van der Waals surface area contributed by atoms with Crippen LogP contribution in [0.25, 0.3) is 0 Å². The third-order valence-electron chi connectivity index (χ3n) is 7.32. The first-order valence-electron chi connectivity index (χ1n) is 12.2. The number of nitrogens with zero attached hydrogens (tertiary/aromatic N) is 2. The highest BCUT2D eigenvalue weighted by Crippen LogP contribution is 2.38. The lowest BCUT2D eigenvalue weighted by Gasteiger charge is -2.35. The summed E-state index contributed by atoms with van der Waals surface area (Å²) in [6.07, 6.45) is -0.325. The Morgan fingerprint density at radius 1 is 0.889 bits per heavy atom. The van der Waals surface area contributed by atoms with Gasteiger partial charge in [0.1, 0.15) is 12.3 Å². The largest absolute Gasteiger partial charge is 0.480 e. The van der Waals surface area contributed by atoms with Crippen molar-refractivity contribution in [2.75, 3.05) is 23.7 Å². The topological polar surface area (TPSA) is 98.2 Å². The van der Waals surface area contributed by atoms with Gasteiger partial charge in [0.2, 0.25) is 0 Å². The van der Waals surface area contributed by atoms with Crippen molar-refractivity contribution in [2.24, 2.45) is 0 Å². The van der Waals surface area contributed by atoms with E-state index in [1.807, 2.05) is 71.6 Å². The number of fused-ring (bicyclic) bond motifs is 1. The van der Waals surface area contributed by atoms with Crippen LogP contribution in [0.3, 0.4) is 0 Å². The number of hydrogen-bond acceptors (Lipinski definition) is 6. The molecule has 0 aliphatic carbocycles. The molecule has 0 bridgehead atoms. The molecule has 2 aliphatic rings. The summed E-state index contributed by atoms with van der Waals surface area (Å²) in [6.45, 7) is 0.820. The minimum atomic E-state index is -3.41. The first-order valence-corrected chi connectivity index (χ1v) is 13.9. The van der Waals surface area contributed by atoms with Crippen LogP contribution >= 0.6 is 0 Å².